The molecule has 1 aromatic carbocycles. The lowest BCUT2D eigenvalue weighted by atomic mass is 9.77. The third-order valence-corrected chi connectivity index (χ3v) is 4.43. The maximum Gasteiger partial charge on any atom is 0.197 e. The second-order valence-electron chi connectivity index (χ2n) is 5.00. The Hall–Kier alpha value is -0.810. The fourth-order valence-electron chi connectivity index (χ4n) is 2.81. The molecule has 0 atom stereocenters. The summed E-state index contributed by atoms with van der Waals surface area (Å²) in [5.41, 5.74) is 6.31. The quantitative estimate of drug-likeness (QED) is 0.917. The molecule has 0 saturated heterocycles. The summed E-state index contributed by atoms with van der Waals surface area (Å²) in [7, 11) is 2.92. The van der Waals surface area contributed by atoms with Crippen molar-refractivity contribution in [2.45, 2.75) is 37.6 Å². The number of halogens is 2. The van der Waals surface area contributed by atoms with E-state index in [9.17, 15) is 4.39 Å². The highest BCUT2D eigenvalue weighted by Crippen LogP contribution is 2.45. The Balaban J connectivity index is 2.56. The van der Waals surface area contributed by atoms with Crippen molar-refractivity contribution < 1.29 is 13.9 Å². The molecule has 2 N–H and O–H groups in total. The van der Waals surface area contributed by atoms with Gasteiger partial charge in [-0.15, -0.1) is 0 Å². The first kappa shape index (κ1) is 14.6. The molecule has 19 heavy (non-hydrogen) atoms. The maximum atomic E-state index is 14.7. The molecule has 1 aliphatic rings. The van der Waals surface area contributed by atoms with E-state index in [0.717, 1.165) is 32.1 Å². The molecule has 1 saturated carbocycles. The predicted octanol–water partition coefficient (Wildman–Crippen LogP) is 3.72. The molecule has 0 spiro atoms. The highest BCUT2D eigenvalue weighted by molar-refractivity contribution is 9.10. The maximum absolute atomic E-state index is 14.7. The Morgan fingerprint density at radius 3 is 2.37 bits per heavy atom. The molecule has 0 heterocycles. The van der Waals surface area contributed by atoms with Gasteiger partial charge in [0.15, 0.2) is 17.3 Å². The third kappa shape index (κ3) is 2.58. The highest BCUT2D eigenvalue weighted by Gasteiger charge is 2.36. The summed E-state index contributed by atoms with van der Waals surface area (Å²) in [5, 5.41) is 0. The van der Waals surface area contributed by atoms with Crippen LogP contribution in [0.1, 0.15) is 37.7 Å². The monoisotopic (exact) mass is 331 g/mol. The largest absolute Gasteiger partial charge is 0.493 e. The van der Waals surface area contributed by atoms with Crippen molar-refractivity contribution in [3.8, 4) is 11.5 Å². The van der Waals surface area contributed by atoms with E-state index in [2.05, 4.69) is 15.9 Å². The predicted molar refractivity (Wildman–Crippen MR) is 76.2 cm³/mol. The van der Waals surface area contributed by atoms with Crippen molar-refractivity contribution in [1.29, 1.82) is 0 Å². The Morgan fingerprint density at radius 2 is 1.84 bits per heavy atom. The van der Waals surface area contributed by atoms with Gasteiger partial charge in [0.2, 0.25) is 0 Å². The van der Waals surface area contributed by atoms with E-state index in [1.807, 2.05) is 0 Å². The normalized spacial score (nSPS) is 18.2. The zero-order chi connectivity index (χ0) is 14.0. The lowest BCUT2D eigenvalue weighted by Gasteiger charge is -2.35. The van der Waals surface area contributed by atoms with Gasteiger partial charge >= 0.3 is 0 Å². The van der Waals surface area contributed by atoms with Crippen LogP contribution in [-0.4, -0.2) is 14.2 Å². The zero-order valence-electron chi connectivity index (χ0n) is 11.3. The molecular weight excluding hydrogens is 313 g/mol. The molecule has 2 rings (SSSR count). The molecule has 1 fully saturated rings. The third-order valence-electron chi connectivity index (χ3n) is 3.81. The first-order valence-electron chi connectivity index (χ1n) is 6.43. The van der Waals surface area contributed by atoms with E-state index in [1.54, 1.807) is 6.07 Å². The van der Waals surface area contributed by atoms with E-state index in [0.29, 0.717) is 15.8 Å². The molecule has 5 heteroatoms. The van der Waals surface area contributed by atoms with Gasteiger partial charge in [0.25, 0.3) is 0 Å². The number of nitrogens with two attached hydrogens (primary N) is 1. The van der Waals surface area contributed by atoms with E-state index in [4.69, 9.17) is 15.2 Å². The van der Waals surface area contributed by atoms with Gasteiger partial charge in [0, 0.05) is 15.6 Å². The molecule has 1 aromatic rings. The molecule has 106 valence electrons. The van der Waals surface area contributed by atoms with Crippen LogP contribution in [0.4, 0.5) is 4.39 Å². The lowest BCUT2D eigenvalue weighted by molar-refractivity contribution is 0.281. The Bertz CT molecular complexity index is 473. The zero-order valence-corrected chi connectivity index (χ0v) is 12.8. The van der Waals surface area contributed by atoms with Crippen LogP contribution >= 0.6 is 15.9 Å². The summed E-state index contributed by atoms with van der Waals surface area (Å²) >= 11 is 3.42. The molecule has 1 aliphatic carbocycles. The van der Waals surface area contributed by atoms with E-state index in [1.165, 1.54) is 14.2 Å². The summed E-state index contributed by atoms with van der Waals surface area (Å²) in [6.45, 7) is 0. The number of benzene rings is 1. The van der Waals surface area contributed by atoms with Crippen molar-refractivity contribution in [1.82, 2.24) is 0 Å². The summed E-state index contributed by atoms with van der Waals surface area (Å²) in [6, 6.07) is 1.72. The first-order chi connectivity index (χ1) is 9.03. The Labute approximate surface area is 121 Å². The van der Waals surface area contributed by atoms with Crippen LogP contribution in [-0.2, 0) is 5.54 Å². The summed E-state index contributed by atoms with van der Waals surface area (Å²) in [6.07, 6.45) is 4.79. The minimum absolute atomic E-state index is 0.121. The molecule has 3 nitrogen and oxygen atoms in total. The van der Waals surface area contributed by atoms with Crippen LogP contribution in [0, 0.1) is 5.82 Å². The van der Waals surface area contributed by atoms with E-state index in [-0.39, 0.29) is 5.75 Å². The smallest absolute Gasteiger partial charge is 0.197 e. The molecule has 0 amide bonds. The van der Waals surface area contributed by atoms with Crippen molar-refractivity contribution in [3.05, 3.63) is 21.9 Å². The van der Waals surface area contributed by atoms with Crippen molar-refractivity contribution in [3.63, 3.8) is 0 Å². The van der Waals surface area contributed by atoms with E-state index < -0.39 is 11.4 Å². The lowest BCUT2D eigenvalue weighted by Crippen LogP contribution is -2.40. The van der Waals surface area contributed by atoms with Gasteiger partial charge in [-0.25, -0.2) is 4.39 Å². The van der Waals surface area contributed by atoms with Gasteiger partial charge in [-0.3, -0.25) is 0 Å². The number of ether oxygens (including phenoxy) is 2. The molecular formula is C14H19BrFNO2. The van der Waals surface area contributed by atoms with Crippen LogP contribution < -0.4 is 15.2 Å². The van der Waals surface area contributed by atoms with Gasteiger partial charge in [-0.05, 0) is 18.9 Å². The van der Waals surface area contributed by atoms with Crippen LogP contribution in [0.15, 0.2) is 10.5 Å². The minimum atomic E-state index is -0.624. The summed E-state index contributed by atoms with van der Waals surface area (Å²) in [5.74, 6) is 0.0734. The van der Waals surface area contributed by atoms with Gasteiger partial charge in [0.05, 0.1) is 14.2 Å². The Kier molecular flexibility index (Phi) is 4.36. The van der Waals surface area contributed by atoms with Crippen molar-refractivity contribution in [2.75, 3.05) is 14.2 Å². The van der Waals surface area contributed by atoms with Crippen LogP contribution in [0.3, 0.4) is 0 Å². The van der Waals surface area contributed by atoms with Gasteiger partial charge in [-0.1, -0.05) is 35.2 Å². The van der Waals surface area contributed by atoms with Gasteiger partial charge in [-0.2, -0.15) is 0 Å². The average molecular weight is 332 g/mol. The molecule has 0 aromatic heterocycles. The van der Waals surface area contributed by atoms with Crippen LogP contribution in [0.5, 0.6) is 11.5 Å². The summed E-state index contributed by atoms with van der Waals surface area (Å²) in [4.78, 5) is 0. The highest BCUT2D eigenvalue weighted by atomic mass is 79.9. The standard InChI is InChI=1S/C14H19BrFNO2/c1-18-10-8-9(15)11(12(16)13(10)19-2)14(17)6-4-3-5-7-14/h8H,3-7,17H2,1-2H3. The van der Waals surface area contributed by atoms with Crippen molar-refractivity contribution in [2.24, 2.45) is 5.73 Å². The van der Waals surface area contributed by atoms with Crippen LogP contribution in [0.25, 0.3) is 0 Å². The fraction of sp³-hybridized carbons (Fsp3) is 0.571. The van der Waals surface area contributed by atoms with Crippen molar-refractivity contribution >= 4 is 15.9 Å². The SMILES string of the molecule is COc1cc(Br)c(C2(N)CCCCC2)c(F)c1OC. The number of hydrogen-bond acceptors (Lipinski definition) is 3. The molecule has 0 aliphatic heterocycles. The Morgan fingerprint density at radius 1 is 1.21 bits per heavy atom. The topological polar surface area (TPSA) is 44.5 Å². The number of methoxy groups -OCH3 is 2. The summed E-state index contributed by atoms with van der Waals surface area (Å²) < 4.78 is 25.6. The first-order valence-corrected chi connectivity index (χ1v) is 7.22. The minimum Gasteiger partial charge on any atom is -0.493 e. The average Bonchev–Trinajstić information content (AvgIpc) is 2.38. The second kappa shape index (κ2) is 5.67. The molecule has 0 bridgehead atoms. The molecule has 0 radical (unpaired) electrons. The number of hydrogen-bond donors (Lipinski definition) is 1. The molecule has 0 unspecified atom stereocenters. The van der Waals surface area contributed by atoms with Gasteiger partial charge in [0.1, 0.15) is 0 Å². The fourth-order valence-corrected chi connectivity index (χ4v) is 3.59. The number of rotatable bonds is 3. The van der Waals surface area contributed by atoms with Crippen LogP contribution in [0.2, 0.25) is 0 Å². The van der Waals surface area contributed by atoms with E-state index >= 15 is 0 Å². The van der Waals surface area contributed by atoms with Gasteiger partial charge < -0.3 is 15.2 Å². The second-order valence-corrected chi connectivity index (χ2v) is 5.85.